The molecule has 2 aromatic carbocycles. The van der Waals surface area contributed by atoms with Gasteiger partial charge in [-0.15, -0.1) is 0 Å². The average Bonchev–Trinajstić information content (AvgIpc) is 3.02. The molecular weight excluding hydrogens is 352 g/mol. The highest BCUT2D eigenvalue weighted by Gasteiger charge is 2.19. The van der Waals surface area contributed by atoms with E-state index < -0.39 is 6.55 Å². The second-order valence-electron chi connectivity index (χ2n) is 6.33. The maximum atomic E-state index is 13.5. The molecule has 1 aromatic heterocycles. The molecule has 0 bridgehead atoms. The van der Waals surface area contributed by atoms with Gasteiger partial charge in [0.25, 0.3) is 0 Å². The van der Waals surface area contributed by atoms with E-state index in [4.69, 9.17) is 9.57 Å². The molecule has 0 aliphatic rings. The van der Waals surface area contributed by atoms with Gasteiger partial charge in [0.2, 0.25) is 0 Å². The SMILES string of the molecule is C/C(=N/OCc1ccc(OC(C)C)cc1)c1nc2ccccc2n1C(F)F. The standard InChI is InChI=1S/C20H21F2N3O2/c1-13(2)27-16-10-8-15(9-11-16)12-26-24-14(3)19-23-17-6-4-5-7-18(17)25(19)20(21)22/h4-11,13,20H,12H2,1-3H3/b24-14-. The zero-order chi connectivity index (χ0) is 19.4. The highest BCUT2D eigenvalue weighted by atomic mass is 19.3. The molecule has 142 valence electrons. The number of ether oxygens (including phenoxy) is 1. The molecule has 27 heavy (non-hydrogen) atoms. The second-order valence-corrected chi connectivity index (χ2v) is 6.33. The molecule has 0 spiro atoms. The zero-order valence-corrected chi connectivity index (χ0v) is 15.4. The van der Waals surface area contributed by atoms with Gasteiger partial charge in [-0.3, -0.25) is 4.57 Å². The first kappa shape index (κ1) is 18.8. The van der Waals surface area contributed by atoms with Crippen molar-refractivity contribution < 1.29 is 18.4 Å². The Hall–Kier alpha value is -2.96. The molecule has 3 aromatic rings. The fourth-order valence-corrected chi connectivity index (χ4v) is 2.68. The van der Waals surface area contributed by atoms with E-state index in [0.717, 1.165) is 15.9 Å². The van der Waals surface area contributed by atoms with E-state index in [9.17, 15) is 8.78 Å². The molecule has 0 unspecified atom stereocenters. The summed E-state index contributed by atoms with van der Waals surface area (Å²) < 4.78 is 33.4. The molecule has 0 atom stereocenters. The first-order valence-corrected chi connectivity index (χ1v) is 8.63. The average molecular weight is 373 g/mol. The summed E-state index contributed by atoms with van der Waals surface area (Å²) in [6.07, 6.45) is 0.105. The summed E-state index contributed by atoms with van der Waals surface area (Å²) in [5.74, 6) is 0.867. The highest BCUT2D eigenvalue weighted by molar-refractivity contribution is 5.98. The molecule has 7 heteroatoms. The van der Waals surface area contributed by atoms with Crippen LogP contribution in [0, 0.1) is 0 Å². The Balaban J connectivity index is 1.73. The number of hydrogen-bond acceptors (Lipinski definition) is 4. The van der Waals surface area contributed by atoms with Crippen molar-refractivity contribution in [3.05, 3.63) is 59.9 Å². The Morgan fingerprint density at radius 3 is 2.48 bits per heavy atom. The fraction of sp³-hybridized carbons (Fsp3) is 0.300. The highest BCUT2D eigenvalue weighted by Crippen LogP contribution is 2.23. The Bertz CT molecular complexity index is 934. The molecule has 0 N–H and O–H groups in total. The van der Waals surface area contributed by atoms with Gasteiger partial charge in [-0.05, 0) is 50.6 Å². The van der Waals surface area contributed by atoms with Crippen LogP contribution in [0.3, 0.4) is 0 Å². The molecule has 0 aliphatic carbocycles. The Morgan fingerprint density at radius 2 is 1.81 bits per heavy atom. The lowest BCUT2D eigenvalue weighted by Gasteiger charge is -2.10. The van der Waals surface area contributed by atoms with Crippen LogP contribution in [0.25, 0.3) is 11.0 Å². The maximum absolute atomic E-state index is 13.5. The number of alkyl halides is 2. The van der Waals surface area contributed by atoms with E-state index in [0.29, 0.717) is 11.0 Å². The molecule has 0 aliphatic heterocycles. The second kappa shape index (κ2) is 8.16. The summed E-state index contributed by atoms with van der Waals surface area (Å²) in [4.78, 5) is 9.59. The van der Waals surface area contributed by atoms with Crippen molar-refractivity contribution in [1.29, 1.82) is 0 Å². The molecule has 0 radical (unpaired) electrons. The minimum absolute atomic E-state index is 0.0897. The van der Waals surface area contributed by atoms with Gasteiger partial charge >= 0.3 is 6.55 Å². The van der Waals surface area contributed by atoms with Crippen LogP contribution in [0.2, 0.25) is 0 Å². The number of rotatable bonds is 7. The number of aromatic nitrogens is 2. The van der Waals surface area contributed by atoms with Crippen LogP contribution < -0.4 is 4.74 Å². The number of halogens is 2. The van der Waals surface area contributed by atoms with Crippen molar-refractivity contribution in [1.82, 2.24) is 9.55 Å². The summed E-state index contributed by atoms with van der Waals surface area (Å²) in [5.41, 5.74) is 2.03. The first-order chi connectivity index (χ1) is 13.0. The van der Waals surface area contributed by atoms with Gasteiger partial charge in [0.15, 0.2) is 5.82 Å². The van der Waals surface area contributed by atoms with Crippen molar-refractivity contribution >= 4 is 16.7 Å². The smallest absolute Gasteiger partial charge is 0.320 e. The summed E-state index contributed by atoms with van der Waals surface area (Å²) in [6, 6.07) is 14.2. The molecule has 0 fully saturated rings. The molecule has 3 rings (SSSR count). The van der Waals surface area contributed by atoms with Crippen molar-refractivity contribution in [3.63, 3.8) is 0 Å². The lowest BCUT2D eigenvalue weighted by atomic mass is 10.2. The minimum atomic E-state index is -2.72. The van der Waals surface area contributed by atoms with Crippen LogP contribution in [0.15, 0.2) is 53.7 Å². The molecular formula is C20H21F2N3O2. The van der Waals surface area contributed by atoms with Gasteiger partial charge in [-0.1, -0.05) is 29.4 Å². The van der Waals surface area contributed by atoms with Crippen LogP contribution in [-0.4, -0.2) is 21.4 Å². The van der Waals surface area contributed by atoms with Crippen LogP contribution in [0.1, 0.15) is 38.7 Å². The zero-order valence-electron chi connectivity index (χ0n) is 15.4. The normalized spacial score (nSPS) is 12.2. The number of hydrogen-bond donors (Lipinski definition) is 0. The molecule has 5 nitrogen and oxygen atoms in total. The van der Waals surface area contributed by atoms with E-state index in [1.54, 1.807) is 31.2 Å². The van der Waals surface area contributed by atoms with Crippen molar-refractivity contribution in [2.75, 3.05) is 0 Å². The largest absolute Gasteiger partial charge is 0.491 e. The van der Waals surface area contributed by atoms with Gasteiger partial charge < -0.3 is 9.57 Å². The van der Waals surface area contributed by atoms with E-state index in [1.165, 1.54) is 0 Å². The van der Waals surface area contributed by atoms with E-state index in [1.807, 2.05) is 38.1 Å². The topological polar surface area (TPSA) is 48.6 Å². The summed E-state index contributed by atoms with van der Waals surface area (Å²) in [7, 11) is 0. The van der Waals surface area contributed by atoms with Gasteiger partial charge in [0.1, 0.15) is 18.1 Å². The van der Waals surface area contributed by atoms with Crippen LogP contribution in [-0.2, 0) is 11.4 Å². The predicted molar refractivity (Wildman–Crippen MR) is 100 cm³/mol. The summed E-state index contributed by atoms with van der Waals surface area (Å²) in [6.45, 7) is 3.02. The molecule has 0 saturated heterocycles. The van der Waals surface area contributed by atoms with Gasteiger partial charge in [-0.2, -0.15) is 8.78 Å². The fourth-order valence-electron chi connectivity index (χ4n) is 2.68. The van der Waals surface area contributed by atoms with Crippen molar-refractivity contribution in [3.8, 4) is 5.75 Å². The predicted octanol–water partition coefficient (Wildman–Crippen LogP) is 5.16. The first-order valence-electron chi connectivity index (χ1n) is 8.63. The van der Waals surface area contributed by atoms with Crippen molar-refractivity contribution in [2.45, 2.75) is 40.0 Å². The third-order valence-corrected chi connectivity index (χ3v) is 3.84. The quantitative estimate of drug-likeness (QED) is 0.425. The summed E-state index contributed by atoms with van der Waals surface area (Å²) in [5, 5.41) is 3.97. The Morgan fingerprint density at radius 1 is 1.11 bits per heavy atom. The number of imidazole rings is 1. The number of para-hydroxylation sites is 2. The number of oxime groups is 1. The monoisotopic (exact) mass is 373 g/mol. The molecule has 0 saturated carbocycles. The summed E-state index contributed by atoms with van der Waals surface area (Å²) >= 11 is 0. The Kier molecular flexibility index (Phi) is 5.69. The van der Waals surface area contributed by atoms with Crippen molar-refractivity contribution in [2.24, 2.45) is 5.16 Å². The molecule has 1 heterocycles. The van der Waals surface area contributed by atoms with Crippen LogP contribution >= 0.6 is 0 Å². The van der Waals surface area contributed by atoms with Gasteiger partial charge in [0.05, 0.1) is 17.1 Å². The third kappa shape index (κ3) is 4.42. The van der Waals surface area contributed by atoms with Crippen LogP contribution in [0.4, 0.5) is 8.78 Å². The third-order valence-electron chi connectivity index (χ3n) is 3.84. The Labute approximate surface area is 156 Å². The number of benzene rings is 2. The van der Waals surface area contributed by atoms with E-state index in [-0.39, 0.29) is 24.2 Å². The number of fused-ring (bicyclic) bond motifs is 1. The minimum Gasteiger partial charge on any atom is -0.491 e. The van der Waals surface area contributed by atoms with Gasteiger partial charge in [-0.25, -0.2) is 4.98 Å². The number of nitrogens with zero attached hydrogens (tertiary/aromatic N) is 3. The van der Waals surface area contributed by atoms with E-state index >= 15 is 0 Å². The van der Waals surface area contributed by atoms with Crippen LogP contribution in [0.5, 0.6) is 5.75 Å². The lowest BCUT2D eigenvalue weighted by Crippen LogP contribution is -2.10. The lowest BCUT2D eigenvalue weighted by molar-refractivity contribution is 0.0736. The van der Waals surface area contributed by atoms with Gasteiger partial charge in [0, 0.05) is 0 Å². The van der Waals surface area contributed by atoms with E-state index in [2.05, 4.69) is 10.1 Å². The molecule has 0 amide bonds. The maximum Gasteiger partial charge on any atom is 0.320 e.